The van der Waals surface area contributed by atoms with Gasteiger partial charge >= 0.3 is 0 Å². The van der Waals surface area contributed by atoms with Gasteiger partial charge in [-0.2, -0.15) is 0 Å². The first kappa shape index (κ1) is 8.41. The van der Waals surface area contributed by atoms with Crippen LogP contribution in [-0.4, -0.2) is 6.26 Å². The van der Waals surface area contributed by atoms with E-state index in [4.69, 9.17) is 0 Å². The van der Waals surface area contributed by atoms with Crippen molar-refractivity contribution in [2.24, 2.45) is 0 Å². The van der Waals surface area contributed by atoms with E-state index in [2.05, 4.69) is 31.0 Å². The summed E-state index contributed by atoms with van der Waals surface area (Å²) in [6, 6.07) is 8.32. The Morgan fingerprint density at radius 1 is 1.36 bits per heavy atom. The van der Waals surface area contributed by atoms with Gasteiger partial charge in [0, 0.05) is 4.90 Å². The first-order chi connectivity index (χ1) is 5.25. The van der Waals surface area contributed by atoms with Gasteiger partial charge in [-0.25, -0.2) is 0 Å². The predicted octanol–water partition coefficient (Wildman–Crippen LogP) is 3.44. The van der Waals surface area contributed by atoms with Gasteiger partial charge in [0.2, 0.25) is 0 Å². The molecular formula is C10H12S. The molecule has 0 aliphatic heterocycles. The minimum Gasteiger partial charge on any atom is -0.129 e. The highest BCUT2D eigenvalue weighted by Crippen LogP contribution is 2.24. The quantitative estimate of drug-likeness (QED) is 0.603. The molecule has 0 N–H and O–H groups in total. The van der Waals surface area contributed by atoms with Crippen LogP contribution in [0.2, 0.25) is 0 Å². The van der Waals surface area contributed by atoms with Crippen LogP contribution in [0.15, 0.2) is 35.7 Å². The van der Waals surface area contributed by atoms with Crippen molar-refractivity contribution in [2.75, 3.05) is 6.26 Å². The molecule has 0 radical (unpaired) electrons. The van der Waals surface area contributed by atoms with Crippen LogP contribution < -0.4 is 0 Å². The summed E-state index contributed by atoms with van der Waals surface area (Å²) in [6.45, 7) is 5.96. The molecule has 0 aromatic heterocycles. The Bertz CT molecular complexity index is 263. The average Bonchev–Trinajstić information content (AvgIpc) is 2.04. The van der Waals surface area contributed by atoms with E-state index in [0.29, 0.717) is 0 Å². The second kappa shape index (κ2) is 3.63. The SMILES string of the molecule is C=C(C)c1ccccc1SC. The summed E-state index contributed by atoms with van der Waals surface area (Å²) in [7, 11) is 0. The molecule has 58 valence electrons. The Labute approximate surface area is 72.3 Å². The minimum atomic E-state index is 1.13. The Balaban J connectivity index is 3.12. The van der Waals surface area contributed by atoms with Gasteiger partial charge in [-0.15, -0.1) is 11.8 Å². The Morgan fingerprint density at radius 2 is 2.00 bits per heavy atom. The van der Waals surface area contributed by atoms with Crippen LogP contribution in [0.25, 0.3) is 5.57 Å². The molecule has 0 aliphatic carbocycles. The smallest absolute Gasteiger partial charge is 0.0144 e. The number of thioether (sulfide) groups is 1. The largest absolute Gasteiger partial charge is 0.129 e. The van der Waals surface area contributed by atoms with Crippen molar-refractivity contribution < 1.29 is 0 Å². The average molecular weight is 164 g/mol. The van der Waals surface area contributed by atoms with Crippen molar-refractivity contribution in [2.45, 2.75) is 11.8 Å². The first-order valence-electron chi connectivity index (χ1n) is 3.54. The van der Waals surface area contributed by atoms with Gasteiger partial charge in [0.15, 0.2) is 0 Å². The standard InChI is InChI=1S/C10H12S/c1-8(2)9-6-4-5-7-10(9)11-3/h4-7H,1H2,2-3H3. The molecule has 1 heteroatoms. The molecule has 1 aromatic rings. The fourth-order valence-corrected chi connectivity index (χ4v) is 1.67. The molecule has 1 aromatic carbocycles. The third-order valence-corrected chi connectivity index (χ3v) is 2.36. The van der Waals surface area contributed by atoms with Crippen molar-refractivity contribution in [3.63, 3.8) is 0 Å². The van der Waals surface area contributed by atoms with Crippen LogP contribution in [0.5, 0.6) is 0 Å². The third kappa shape index (κ3) is 1.87. The molecule has 0 nitrogen and oxygen atoms in total. The minimum absolute atomic E-state index is 1.13. The summed E-state index contributed by atoms with van der Waals surface area (Å²) >= 11 is 1.76. The summed E-state index contributed by atoms with van der Waals surface area (Å²) in [4.78, 5) is 1.31. The van der Waals surface area contributed by atoms with Gasteiger partial charge in [0.05, 0.1) is 0 Å². The number of hydrogen-bond donors (Lipinski definition) is 0. The van der Waals surface area contributed by atoms with Crippen LogP contribution in [0, 0.1) is 0 Å². The molecule has 0 fully saturated rings. The van der Waals surface area contributed by atoms with E-state index in [1.165, 1.54) is 10.5 Å². The highest BCUT2D eigenvalue weighted by atomic mass is 32.2. The molecule has 1 rings (SSSR count). The summed E-state index contributed by atoms with van der Waals surface area (Å²) in [5.74, 6) is 0. The Kier molecular flexibility index (Phi) is 2.77. The van der Waals surface area contributed by atoms with Crippen LogP contribution in [-0.2, 0) is 0 Å². The van der Waals surface area contributed by atoms with E-state index in [1.807, 2.05) is 13.0 Å². The molecule has 0 aliphatic rings. The van der Waals surface area contributed by atoms with E-state index >= 15 is 0 Å². The highest BCUT2D eigenvalue weighted by Gasteiger charge is 1.98. The summed E-state index contributed by atoms with van der Waals surface area (Å²) in [5.41, 5.74) is 2.40. The van der Waals surface area contributed by atoms with Gasteiger partial charge in [-0.05, 0) is 30.4 Å². The zero-order valence-corrected chi connectivity index (χ0v) is 7.74. The fraction of sp³-hybridized carbons (Fsp3) is 0.200. The molecule has 0 saturated carbocycles. The topological polar surface area (TPSA) is 0 Å². The summed E-state index contributed by atoms with van der Waals surface area (Å²) in [6.07, 6.45) is 2.09. The molecule has 0 bridgehead atoms. The second-order valence-electron chi connectivity index (χ2n) is 2.48. The molecule has 0 spiro atoms. The number of benzene rings is 1. The first-order valence-corrected chi connectivity index (χ1v) is 4.77. The van der Waals surface area contributed by atoms with Crippen LogP contribution in [0.3, 0.4) is 0 Å². The molecule has 0 atom stereocenters. The lowest BCUT2D eigenvalue weighted by molar-refractivity contribution is 1.39. The highest BCUT2D eigenvalue weighted by molar-refractivity contribution is 7.98. The van der Waals surface area contributed by atoms with Crippen LogP contribution in [0.4, 0.5) is 0 Å². The molecule has 0 heterocycles. The maximum Gasteiger partial charge on any atom is 0.0144 e. The number of hydrogen-bond acceptors (Lipinski definition) is 1. The van der Waals surface area contributed by atoms with Crippen molar-refractivity contribution in [1.82, 2.24) is 0 Å². The van der Waals surface area contributed by atoms with Crippen molar-refractivity contribution in [3.8, 4) is 0 Å². The van der Waals surface area contributed by atoms with E-state index in [0.717, 1.165) is 5.57 Å². The van der Waals surface area contributed by atoms with Crippen molar-refractivity contribution in [3.05, 3.63) is 36.4 Å². The zero-order chi connectivity index (χ0) is 8.27. The van der Waals surface area contributed by atoms with Crippen LogP contribution >= 0.6 is 11.8 Å². The van der Waals surface area contributed by atoms with E-state index in [-0.39, 0.29) is 0 Å². The van der Waals surface area contributed by atoms with Gasteiger partial charge in [-0.1, -0.05) is 24.8 Å². The fourth-order valence-electron chi connectivity index (χ4n) is 0.997. The van der Waals surface area contributed by atoms with Crippen molar-refractivity contribution in [1.29, 1.82) is 0 Å². The number of rotatable bonds is 2. The second-order valence-corrected chi connectivity index (χ2v) is 3.33. The maximum absolute atomic E-state index is 3.92. The predicted molar refractivity (Wildman–Crippen MR) is 52.9 cm³/mol. The summed E-state index contributed by atoms with van der Waals surface area (Å²) < 4.78 is 0. The molecular weight excluding hydrogens is 152 g/mol. The third-order valence-electron chi connectivity index (χ3n) is 1.57. The molecule has 0 amide bonds. The maximum atomic E-state index is 3.92. The van der Waals surface area contributed by atoms with E-state index in [1.54, 1.807) is 11.8 Å². The molecule has 0 unspecified atom stereocenters. The van der Waals surface area contributed by atoms with Gasteiger partial charge < -0.3 is 0 Å². The van der Waals surface area contributed by atoms with Gasteiger partial charge in [0.25, 0.3) is 0 Å². The van der Waals surface area contributed by atoms with E-state index in [9.17, 15) is 0 Å². The van der Waals surface area contributed by atoms with Crippen LogP contribution in [0.1, 0.15) is 12.5 Å². The molecule has 0 saturated heterocycles. The monoisotopic (exact) mass is 164 g/mol. The summed E-state index contributed by atoms with van der Waals surface area (Å²) in [5, 5.41) is 0. The Morgan fingerprint density at radius 3 is 2.45 bits per heavy atom. The zero-order valence-electron chi connectivity index (χ0n) is 6.92. The molecule has 11 heavy (non-hydrogen) atoms. The van der Waals surface area contributed by atoms with Gasteiger partial charge in [-0.3, -0.25) is 0 Å². The number of allylic oxidation sites excluding steroid dienone is 1. The van der Waals surface area contributed by atoms with Crippen molar-refractivity contribution >= 4 is 17.3 Å². The lowest BCUT2D eigenvalue weighted by Gasteiger charge is -2.04. The normalized spacial score (nSPS) is 9.64. The Hall–Kier alpha value is -0.690. The lowest BCUT2D eigenvalue weighted by Crippen LogP contribution is -1.80. The van der Waals surface area contributed by atoms with Gasteiger partial charge in [0.1, 0.15) is 0 Å². The van der Waals surface area contributed by atoms with E-state index < -0.39 is 0 Å². The lowest BCUT2D eigenvalue weighted by atomic mass is 10.1.